The molecule has 0 unspecified atom stereocenters. The van der Waals surface area contributed by atoms with Crippen LogP contribution >= 0.6 is 0 Å². The third-order valence-electron chi connectivity index (χ3n) is 6.05. The minimum atomic E-state index is -4.24. The molecule has 3 aromatic carbocycles. The maximum Gasteiger partial charge on any atom is 0.324 e. The Labute approximate surface area is 214 Å². The molecule has 1 aromatic heterocycles. The highest BCUT2D eigenvalue weighted by Crippen LogP contribution is 2.30. The highest BCUT2D eigenvalue weighted by atomic mass is 32.2. The van der Waals surface area contributed by atoms with Crippen LogP contribution in [0.3, 0.4) is 0 Å². The van der Waals surface area contributed by atoms with Gasteiger partial charge in [0.2, 0.25) is 0 Å². The fraction of sp³-hybridized carbons (Fsp3) is 0.148. The first-order valence-electron chi connectivity index (χ1n) is 11.5. The molecule has 0 aliphatic carbocycles. The maximum absolute atomic E-state index is 13.5. The molecule has 0 amide bonds. The number of aliphatic carboxylic acids is 1. The highest BCUT2D eigenvalue weighted by Gasteiger charge is 2.28. The number of Topliss-reactive ketones (excluding diaryl/α,β-unsaturated/α-hetero) is 1. The molecule has 1 heterocycles. The Balaban J connectivity index is 1.66. The van der Waals surface area contributed by atoms with Gasteiger partial charge in [0, 0.05) is 34.1 Å². The van der Waals surface area contributed by atoms with E-state index in [1.807, 2.05) is 12.1 Å². The molecule has 0 aliphatic rings. The smallest absolute Gasteiger partial charge is 0.324 e. The van der Waals surface area contributed by atoms with E-state index in [0.717, 1.165) is 9.87 Å². The second kappa shape index (κ2) is 10.3. The van der Waals surface area contributed by atoms with Crippen molar-refractivity contribution in [3.63, 3.8) is 0 Å². The van der Waals surface area contributed by atoms with E-state index in [2.05, 4.69) is 4.98 Å². The van der Waals surface area contributed by atoms with E-state index < -0.39 is 22.5 Å². The van der Waals surface area contributed by atoms with Crippen molar-refractivity contribution < 1.29 is 23.1 Å². The molecule has 0 fully saturated rings. The number of hydrogen-bond donors (Lipinski definition) is 4. The monoisotopic (exact) mass is 518 g/mol. The lowest BCUT2D eigenvalue weighted by Crippen LogP contribution is -2.35. The van der Waals surface area contributed by atoms with Gasteiger partial charge >= 0.3 is 5.97 Å². The Morgan fingerprint density at radius 2 is 1.70 bits per heavy atom. The van der Waals surface area contributed by atoms with E-state index in [4.69, 9.17) is 11.1 Å². The number of hydrogen-bond acceptors (Lipinski definition) is 5. The Morgan fingerprint density at radius 1 is 1.03 bits per heavy atom. The van der Waals surface area contributed by atoms with Crippen LogP contribution in [0.1, 0.15) is 33.6 Å². The number of aromatic amines is 1. The predicted octanol–water partition coefficient (Wildman–Crippen LogP) is 3.86. The fourth-order valence-electron chi connectivity index (χ4n) is 4.22. The standard InChI is InChI=1S/C27H26N4O5S/c1-17-26(24(32)14-9-18-7-10-19(11-8-18)27(28)29)22-15-21(12-13-23(22)30-17)37(35,36)31(16-25(33)34)20-5-3-2-4-6-20/h2-8,10-13,15,30H,9,14,16H2,1H3,(H3,28,29)(H,33,34). The van der Waals surface area contributed by atoms with Gasteiger partial charge < -0.3 is 15.8 Å². The predicted molar refractivity (Wildman–Crippen MR) is 142 cm³/mol. The molecule has 0 spiro atoms. The SMILES string of the molecule is Cc1[nH]c2ccc(S(=O)(=O)N(CC(=O)O)c3ccccc3)cc2c1C(=O)CCc1ccc(C(=N)N)cc1. The Hall–Kier alpha value is -4.44. The first-order chi connectivity index (χ1) is 17.6. The van der Waals surface area contributed by atoms with Crippen LogP contribution in [0, 0.1) is 12.3 Å². The summed E-state index contributed by atoms with van der Waals surface area (Å²) in [4.78, 5) is 27.8. The quantitative estimate of drug-likeness (QED) is 0.142. The Morgan fingerprint density at radius 3 is 2.32 bits per heavy atom. The third kappa shape index (κ3) is 5.39. The topological polar surface area (TPSA) is 157 Å². The number of amidine groups is 1. The molecule has 37 heavy (non-hydrogen) atoms. The minimum absolute atomic E-state index is 0.0306. The first-order valence-corrected chi connectivity index (χ1v) is 12.9. The summed E-state index contributed by atoms with van der Waals surface area (Å²) in [5.41, 5.74) is 8.85. The normalized spacial score (nSPS) is 11.4. The summed E-state index contributed by atoms with van der Waals surface area (Å²) >= 11 is 0. The Kier molecular flexibility index (Phi) is 7.12. The van der Waals surface area contributed by atoms with Crippen LogP contribution in [-0.2, 0) is 21.2 Å². The number of sulfonamides is 1. The molecular formula is C27H26N4O5S. The number of ketones is 1. The highest BCUT2D eigenvalue weighted by molar-refractivity contribution is 7.92. The van der Waals surface area contributed by atoms with Gasteiger partial charge in [-0.3, -0.25) is 19.3 Å². The van der Waals surface area contributed by atoms with Gasteiger partial charge in [0.05, 0.1) is 10.6 Å². The number of carbonyl (C=O) groups is 2. The zero-order valence-corrected chi connectivity index (χ0v) is 20.9. The number of nitrogen functional groups attached to an aromatic ring is 1. The van der Waals surface area contributed by atoms with Crippen LogP contribution in [0.25, 0.3) is 10.9 Å². The van der Waals surface area contributed by atoms with Gasteiger partial charge in [0.1, 0.15) is 12.4 Å². The molecule has 190 valence electrons. The van der Waals surface area contributed by atoms with Crippen LogP contribution in [0.5, 0.6) is 0 Å². The minimum Gasteiger partial charge on any atom is -0.480 e. The molecule has 0 radical (unpaired) electrons. The average Bonchev–Trinajstić information content (AvgIpc) is 3.21. The number of benzene rings is 3. The number of fused-ring (bicyclic) bond motifs is 1. The molecule has 0 bridgehead atoms. The molecule has 9 nitrogen and oxygen atoms in total. The van der Waals surface area contributed by atoms with Gasteiger partial charge in [-0.1, -0.05) is 42.5 Å². The van der Waals surface area contributed by atoms with Gasteiger partial charge in [-0.05, 0) is 49.2 Å². The number of carboxylic acid groups (broad SMARTS) is 1. The van der Waals surface area contributed by atoms with Crippen LogP contribution in [0.2, 0.25) is 0 Å². The zero-order chi connectivity index (χ0) is 26.7. The lowest BCUT2D eigenvalue weighted by molar-refractivity contribution is -0.135. The summed E-state index contributed by atoms with van der Waals surface area (Å²) in [5.74, 6) is -1.48. The molecule has 5 N–H and O–H groups in total. The lowest BCUT2D eigenvalue weighted by Gasteiger charge is -2.22. The number of anilines is 1. The van der Waals surface area contributed by atoms with Crippen molar-refractivity contribution in [1.29, 1.82) is 5.41 Å². The summed E-state index contributed by atoms with van der Waals surface area (Å²) in [6.07, 6.45) is 0.654. The van der Waals surface area contributed by atoms with Crippen molar-refractivity contribution in [3.05, 3.63) is 95.2 Å². The van der Waals surface area contributed by atoms with Gasteiger partial charge in [-0.2, -0.15) is 0 Å². The van der Waals surface area contributed by atoms with Gasteiger partial charge in [0.25, 0.3) is 10.0 Å². The number of rotatable bonds is 10. The molecule has 0 atom stereocenters. The average molecular weight is 519 g/mol. The second-order valence-electron chi connectivity index (χ2n) is 8.61. The van der Waals surface area contributed by atoms with E-state index in [1.165, 1.54) is 24.3 Å². The van der Waals surface area contributed by atoms with E-state index >= 15 is 0 Å². The summed E-state index contributed by atoms with van der Waals surface area (Å²) < 4.78 is 27.9. The van der Waals surface area contributed by atoms with Crippen LogP contribution in [0.15, 0.2) is 77.7 Å². The number of aryl methyl sites for hydroxylation is 2. The van der Waals surface area contributed by atoms with Crippen molar-refractivity contribution in [2.24, 2.45) is 5.73 Å². The summed E-state index contributed by atoms with van der Waals surface area (Å²) in [7, 11) is -4.24. The van der Waals surface area contributed by atoms with Crippen molar-refractivity contribution in [2.45, 2.75) is 24.7 Å². The van der Waals surface area contributed by atoms with Gasteiger partial charge in [-0.15, -0.1) is 0 Å². The van der Waals surface area contributed by atoms with Crippen molar-refractivity contribution in [1.82, 2.24) is 4.98 Å². The fourth-order valence-corrected chi connectivity index (χ4v) is 5.66. The van der Waals surface area contributed by atoms with Crippen LogP contribution < -0.4 is 10.0 Å². The molecule has 0 aliphatic heterocycles. The van der Waals surface area contributed by atoms with E-state index in [0.29, 0.717) is 34.1 Å². The van der Waals surface area contributed by atoms with Crippen molar-refractivity contribution in [2.75, 3.05) is 10.8 Å². The van der Waals surface area contributed by atoms with E-state index in [-0.39, 0.29) is 28.6 Å². The number of nitrogens with two attached hydrogens (primary N) is 1. The summed E-state index contributed by atoms with van der Waals surface area (Å²) in [6.45, 7) is 1.01. The molecule has 10 heteroatoms. The van der Waals surface area contributed by atoms with Gasteiger partial charge in [0.15, 0.2) is 5.78 Å². The zero-order valence-electron chi connectivity index (χ0n) is 20.1. The summed E-state index contributed by atoms with van der Waals surface area (Å²) in [5, 5.41) is 17.3. The van der Waals surface area contributed by atoms with Crippen molar-refractivity contribution >= 4 is 44.2 Å². The lowest BCUT2D eigenvalue weighted by atomic mass is 10.00. The van der Waals surface area contributed by atoms with Gasteiger partial charge in [-0.25, -0.2) is 8.42 Å². The first kappa shape index (κ1) is 25.6. The molecule has 4 aromatic rings. The third-order valence-corrected chi connectivity index (χ3v) is 7.82. The number of carboxylic acids is 1. The number of H-pyrrole nitrogens is 1. The summed E-state index contributed by atoms with van der Waals surface area (Å²) in [6, 6.07) is 19.5. The molecule has 4 rings (SSSR count). The Bertz CT molecular complexity index is 1590. The number of nitrogens with zero attached hydrogens (tertiary/aromatic N) is 1. The molecular weight excluding hydrogens is 492 g/mol. The molecule has 0 saturated carbocycles. The van der Waals surface area contributed by atoms with E-state index in [1.54, 1.807) is 43.3 Å². The van der Waals surface area contributed by atoms with Crippen molar-refractivity contribution in [3.8, 4) is 0 Å². The maximum atomic E-state index is 13.5. The molecule has 0 saturated heterocycles. The van der Waals surface area contributed by atoms with Crippen LogP contribution in [0.4, 0.5) is 5.69 Å². The van der Waals surface area contributed by atoms with Crippen LogP contribution in [-0.4, -0.2) is 42.6 Å². The number of carbonyl (C=O) groups excluding carboxylic acids is 1. The largest absolute Gasteiger partial charge is 0.480 e. The number of para-hydroxylation sites is 1. The van der Waals surface area contributed by atoms with E-state index in [9.17, 15) is 23.1 Å². The number of aromatic nitrogens is 1. The number of nitrogens with one attached hydrogen (secondary N) is 2. The second-order valence-corrected chi connectivity index (χ2v) is 10.5.